The monoisotopic (exact) mass is 299 g/mol. The first-order valence-corrected chi connectivity index (χ1v) is 7.56. The summed E-state index contributed by atoms with van der Waals surface area (Å²) in [6.07, 6.45) is 5.27. The second-order valence-electron chi connectivity index (χ2n) is 6.31. The lowest BCUT2D eigenvalue weighted by Gasteiger charge is -2.15. The van der Waals surface area contributed by atoms with Crippen LogP contribution >= 0.6 is 0 Å². The summed E-state index contributed by atoms with van der Waals surface area (Å²) < 4.78 is 0. The molecule has 2 heterocycles. The van der Waals surface area contributed by atoms with E-state index in [1.165, 1.54) is 0 Å². The number of hydrogen-bond donors (Lipinski definition) is 3. The van der Waals surface area contributed by atoms with Gasteiger partial charge in [0.2, 0.25) is 5.91 Å². The maximum Gasteiger partial charge on any atom is 0.306 e. The van der Waals surface area contributed by atoms with Crippen molar-refractivity contribution < 1.29 is 14.7 Å². The Morgan fingerprint density at radius 2 is 2.23 bits per heavy atom. The molecule has 4 atom stereocenters. The number of carboxylic acids is 1. The van der Waals surface area contributed by atoms with Crippen LogP contribution in [-0.2, 0) is 16.0 Å². The molecule has 114 valence electrons. The van der Waals surface area contributed by atoms with Crippen LogP contribution in [0.4, 0.5) is 0 Å². The minimum atomic E-state index is -0.731. The number of H-pyrrole nitrogens is 1. The molecule has 0 spiro atoms. The van der Waals surface area contributed by atoms with E-state index in [4.69, 9.17) is 5.11 Å². The number of carbonyl (C=O) groups is 2. The summed E-state index contributed by atoms with van der Waals surface area (Å²) in [6.45, 7) is 0. The highest BCUT2D eigenvalue weighted by atomic mass is 16.4. The molecule has 0 saturated heterocycles. The molecule has 0 aliphatic heterocycles. The summed E-state index contributed by atoms with van der Waals surface area (Å²) in [5.41, 5.74) is 2.60. The molecule has 2 aliphatic rings. The first kappa shape index (κ1) is 13.3. The Labute approximate surface area is 126 Å². The van der Waals surface area contributed by atoms with E-state index < -0.39 is 5.97 Å². The van der Waals surface area contributed by atoms with Gasteiger partial charge in [0.15, 0.2) is 0 Å². The summed E-state index contributed by atoms with van der Waals surface area (Å²) in [4.78, 5) is 30.8. The van der Waals surface area contributed by atoms with E-state index in [1.807, 2.05) is 18.3 Å². The molecule has 6 heteroatoms. The highest BCUT2D eigenvalue weighted by Gasteiger charge is 2.57. The van der Waals surface area contributed by atoms with Crippen molar-refractivity contribution >= 4 is 22.9 Å². The highest BCUT2D eigenvalue weighted by molar-refractivity contribution is 5.86. The summed E-state index contributed by atoms with van der Waals surface area (Å²) in [5, 5.41) is 12.2. The fraction of sp³-hybridized carbons (Fsp3) is 0.438. The van der Waals surface area contributed by atoms with Crippen LogP contribution in [0.3, 0.4) is 0 Å². The molecule has 1 amide bonds. The molecule has 0 bridgehead atoms. The lowest BCUT2D eigenvalue weighted by molar-refractivity contribution is -0.142. The van der Waals surface area contributed by atoms with Crippen LogP contribution in [0.25, 0.3) is 11.0 Å². The number of fused-ring (bicyclic) bond motifs is 2. The van der Waals surface area contributed by atoms with Crippen molar-refractivity contribution in [3.8, 4) is 0 Å². The highest BCUT2D eigenvalue weighted by Crippen LogP contribution is 2.55. The quantitative estimate of drug-likeness (QED) is 0.793. The van der Waals surface area contributed by atoms with E-state index in [-0.39, 0.29) is 30.2 Å². The molecule has 22 heavy (non-hydrogen) atoms. The molecular weight excluding hydrogens is 282 g/mol. The Morgan fingerprint density at radius 3 is 3.00 bits per heavy atom. The molecule has 2 aromatic heterocycles. The van der Waals surface area contributed by atoms with E-state index >= 15 is 0 Å². The van der Waals surface area contributed by atoms with Crippen molar-refractivity contribution in [3.05, 3.63) is 30.1 Å². The Hall–Kier alpha value is -2.37. The van der Waals surface area contributed by atoms with Crippen LogP contribution < -0.4 is 5.32 Å². The van der Waals surface area contributed by atoms with Gasteiger partial charge in [-0.1, -0.05) is 0 Å². The lowest BCUT2D eigenvalue weighted by atomic mass is 10.0. The van der Waals surface area contributed by atoms with Gasteiger partial charge in [0, 0.05) is 24.0 Å². The van der Waals surface area contributed by atoms with E-state index in [0.29, 0.717) is 12.3 Å². The molecule has 4 rings (SSSR count). The van der Waals surface area contributed by atoms with Gasteiger partial charge < -0.3 is 15.4 Å². The van der Waals surface area contributed by atoms with E-state index in [9.17, 15) is 9.59 Å². The van der Waals surface area contributed by atoms with Gasteiger partial charge in [-0.3, -0.25) is 14.6 Å². The number of aromatic nitrogens is 2. The van der Waals surface area contributed by atoms with Gasteiger partial charge in [0.25, 0.3) is 0 Å². The number of carboxylic acid groups (broad SMARTS) is 1. The smallest absolute Gasteiger partial charge is 0.306 e. The van der Waals surface area contributed by atoms with Gasteiger partial charge in [-0.25, -0.2) is 0 Å². The SMILES string of the molecule is O=C(Cc1c[nH]c2cccnc12)N[C@H]1C[C@@H](C(=O)O)[C@@H]2C[C@@H]21. The first-order valence-electron chi connectivity index (χ1n) is 7.56. The topological polar surface area (TPSA) is 95.1 Å². The third kappa shape index (κ3) is 2.15. The molecule has 3 N–H and O–H groups in total. The van der Waals surface area contributed by atoms with Crippen LogP contribution in [0.5, 0.6) is 0 Å². The zero-order valence-corrected chi connectivity index (χ0v) is 12.0. The van der Waals surface area contributed by atoms with Crippen LogP contribution in [-0.4, -0.2) is 33.0 Å². The fourth-order valence-corrected chi connectivity index (χ4v) is 3.81. The van der Waals surface area contributed by atoms with Crippen LogP contribution in [0, 0.1) is 17.8 Å². The van der Waals surface area contributed by atoms with Gasteiger partial charge in [-0.2, -0.15) is 0 Å². The predicted octanol–water partition coefficient (Wildman–Crippen LogP) is 1.33. The summed E-state index contributed by atoms with van der Waals surface area (Å²) in [5.74, 6) is -0.466. The Balaban J connectivity index is 1.42. The third-order valence-electron chi connectivity index (χ3n) is 4.96. The van der Waals surface area contributed by atoms with Crippen molar-refractivity contribution in [2.45, 2.75) is 25.3 Å². The normalized spacial score (nSPS) is 29.3. The molecule has 2 aliphatic carbocycles. The number of nitrogens with one attached hydrogen (secondary N) is 2. The molecular formula is C16H17N3O3. The molecule has 2 saturated carbocycles. The number of nitrogens with zero attached hydrogens (tertiary/aromatic N) is 1. The zero-order valence-electron chi connectivity index (χ0n) is 12.0. The number of aliphatic carboxylic acids is 1. The maximum absolute atomic E-state index is 12.3. The average molecular weight is 299 g/mol. The molecule has 2 aromatic rings. The number of aromatic amines is 1. The van der Waals surface area contributed by atoms with Gasteiger partial charge in [0.1, 0.15) is 0 Å². The Bertz CT molecular complexity index is 754. The second-order valence-corrected chi connectivity index (χ2v) is 6.31. The third-order valence-corrected chi connectivity index (χ3v) is 4.96. The number of rotatable bonds is 4. The first-order chi connectivity index (χ1) is 10.6. The number of carbonyl (C=O) groups excluding carboxylic acids is 1. The van der Waals surface area contributed by atoms with E-state index in [1.54, 1.807) is 6.20 Å². The number of pyridine rings is 1. The van der Waals surface area contributed by atoms with Gasteiger partial charge in [-0.05, 0) is 36.8 Å². The number of amides is 1. The standard InChI is InChI=1S/C16H17N3O3/c20-14(4-8-7-18-12-2-1-3-17-15(8)12)19-13-6-11(16(21)22)9-5-10(9)13/h1-3,7,9-11,13,18H,4-6H2,(H,19,20)(H,21,22)/t9-,10+,11-,13+/m1/s1. The van der Waals surface area contributed by atoms with Crippen LogP contribution in [0.2, 0.25) is 0 Å². The van der Waals surface area contributed by atoms with Gasteiger partial charge in [0.05, 0.1) is 23.4 Å². The second kappa shape index (κ2) is 4.83. The van der Waals surface area contributed by atoms with Crippen molar-refractivity contribution in [3.63, 3.8) is 0 Å². The van der Waals surface area contributed by atoms with E-state index in [0.717, 1.165) is 23.0 Å². The maximum atomic E-state index is 12.3. The predicted molar refractivity (Wildman–Crippen MR) is 79.1 cm³/mol. The Morgan fingerprint density at radius 1 is 1.36 bits per heavy atom. The van der Waals surface area contributed by atoms with E-state index in [2.05, 4.69) is 15.3 Å². The minimum Gasteiger partial charge on any atom is -0.481 e. The molecule has 0 aromatic carbocycles. The number of hydrogen-bond acceptors (Lipinski definition) is 3. The fourth-order valence-electron chi connectivity index (χ4n) is 3.81. The summed E-state index contributed by atoms with van der Waals surface area (Å²) >= 11 is 0. The van der Waals surface area contributed by atoms with Crippen molar-refractivity contribution in [2.75, 3.05) is 0 Å². The molecule has 0 radical (unpaired) electrons. The molecule has 2 fully saturated rings. The Kier molecular flexibility index (Phi) is 2.92. The zero-order chi connectivity index (χ0) is 15.3. The lowest BCUT2D eigenvalue weighted by Crippen LogP contribution is -2.36. The average Bonchev–Trinajstić information content (AvgIpc) is 3.07. The largest absolute Gasteiger partial charge is 0.481 e. The van der Waals surface area contributed by atoms with Gasteiger partial charge >= 0.3 is 5.97 Å². The molecule has 6 nitrogen and oxygen atoms in total. The molecule has 0 unspecified atom stereocenters. The van der Waals surface area contributed by atoms with Gasteiger partial charge in [-0.15, -0.1) is 0 Å². The summed E-state index contributed by atoms with van der Waals surface area (Å²) in [7, 11) is 0. The summed E-state index contributed by atoms with van der Waals surface area (Å²) in [6, 6.07) is 3.78. The van der Waals surface area contributed by atoms with Crippen LogP contribution in [0.15, 0.2) is 24.5 Å². The van der Waals surface area contributed by atoms with Crippen molar-refractivity contribution in [2.24, 2.45) is 17.8 Å². The van der Waals surface area contributed by atoms with Crippen molar-refractivity contribution in [1.82, 2.24) is 15.3 Å². The van der Waals surface area contributed by atoms with Crippen molar-refractivity contribution in [1.29, 1.82) is 0 Å². The van der Waals surface area contributed by atoms with Crippen LogP contribution in [0.1, 0.15) is 18.4 Å². The minimum absolute atomic E-state index is 0.0109.